The number of rotatable bonds is 9. The molecule has 1 amide bonds. The van der Waals surface area contributed by atoms with Gasteiger partial charge in [-0.15, -0.1) is 0 Å². The van der Waals surface area contributed by atoms with Gasteiger partial charge in [-0.2, -0.15) is 0 Å². The molecule has 0 spiro atoms. The van der Waals surface area contributed by atoms with Crippen molar-refractivity contribution in [1.29, 1.82) is 0 Å². The van der Waals surface area contributed by atoms with Crippen molar-refractivity contribution in [1.82, 2.24) is 4.90 Å². The Kier molecular flexibility index (Phi) is 9.64. The first-order chi connectivity index (χ1) is 13.3. The minimum Gasteiger partial charge on any atom is -0.480 e. The zero-order valence-electron chi connectivity index (χ0n) is 15.0. The van der Waals surface area contributed by atoms with Gasteiger partial charge in [-0.25, -0.2) is 0 Å². The number of carbonyl (C=O) groups excluding carboxylic acids is 2. The number of nitrogens with zero attached hydrogens (tertiary/aromatic N) is 1. The maximum absolute atomic E-state index is 12.7. The second-order valence-electron chi connectivity index (χ2n) is 5.87. The van der Waals surface area contributed by atoms with Crippen LogP contribution < -0.4 is 5.32 Å². The summed E-state index contributed by atoms with van der Waals surface area (Å²) < 4.78 is 0. The molecule has 3 N–H and O–H groups in total. The van der Waals surface area contributed by atoms with Crippen molar-refractivity contribution in [2.75, 3.05) is 25.0 Å². The minimum atomic E-state index is -1.26. The summed E-state index contributed by atoms with van der Waals surface area (Å²) in [7, 11) is 0. The van der Waals surface area contributed by atoms with Gasteiger partial charge in [0.15, 0.2) is 5.78 Å². The van der Waals surface area contributed by atoms with Crippen LogP contribution in [0.4, 0.5) is 5.69 Å². The molecule has 10 heteroatoms. The van der Waals surface area contributed by atoms with Crippen molar-refractivity contribution in [3.8, 4) is 0 Å². The SMILES string of the molecule is O=C(O)CN(CC(=O)O)CC(=O)Nc1ccc(Cl)cc1C(=O)c1ccccc1.[99Tc]. The Morgan fingerprint density at radius 3 is 2.03 bits per heavy atom. The number of amides is 1. The second kappa shape index (κ2) is 11.4. The molecule has 0 heterocycles. The van der Waals surface area contributed by atoms with Gasteiger partial charge in [0.1, 0.15) is 0 Å². The van der Waals surface area contributed by atoms with E-state index in [2.05, 4.69) is 5.32 Å². The average Bonchev–Trinajstić information content (AvgIpc) is 2.62. The van der Waals surface area contributed by atoms with Gasteiger partial charge in [-0.05, 0) is 18.2 Å². The number of ketones is 1. The average molecular weight is 504 g/mol. The van der Waals surface area contributed by atoms with Gasteiger partial charge in [-0.3, -0.25) is 24.1 Å². The van der Waals surface area contributed by atoms with Gasteiger partial charge in [-0.1, -0.05) is 41.9 Å². The predicted octanol–water partition coefficient (Wildman–Crippen LogP) is 1.98. The number of halogens is 1. The summed E-state index contributed by atoms with van der Waals surface area (Å²) in [6.45, 7) is -1.70. The van der Waals surface area contributed by atoms with Crippen molar-refractivity contribution in [2.24, 2.45) is 0 Å². The van der Waals surface area contributed by atoms with Gasteiger partial charge in [0.2, 0.25) is 5.91 Å². The van der Waals surface area contributed by atoms with Crippen molar-refractivity contribution in [3.63, 3.8) is 0 Å². The van der Waals surface area contributed by atoms with E-state index in [9.17, 15) is 19.2 Å². The first-order valence-corrected chi connectivity index (χ1v) is 8.49. The van der Waals surface area contributed by atoms with Crippen molar-refractivity contribution >= 4 is 40.9 Å². The third-order valence-electron chi connectivity index (χ3n) is 3.62. The van der Waals surface area contributed by atoms with Crippen LogP contribution in [0.5, 0.6) is 0 Å². The summed E-state index contributed by atoms with van der Waals surface area (Å²) in [4.78, 5) is 47.7. The Morgan fingerprint density at radius 2 is 1.48 bits per heavy atom. The number of carboxylic acid groups (broad SMARTS) is 2. The minimum absolute atomic E-state index is 0. The van der Waals surface area contributed by atoms with Crippen molar-refractivity contribution in [3.05, 3.63) is 64.7 Å². The van der Waals surface area contributed by atoms with E-state index in [1.54, 1.807) is 30.3 Å². The topological polar surface area (TPSA) is 124 Å². The molecule has 8 nitrogen and oxygen atoms in total. The molecular weight excluding hydrogens is 487 g/mol. The number of anilines is 1. The first kappa shape index (κ1) is 24.5. The maximum atomic E-state index is 12.7. The Hall–Kier alpha value is -2.58. The fourth-order valence-corrected chi connectivity index (χ4v) is 2.67. The van der Waals surface area contributed by atoms with Crippen LogP contribution in [0.1, 0.15) is 15.9 Å². The first-order valence-electron chi connectivity index (χ1n) is 8.11. The molecular formula is C19H17ClN2O6Tc. The van der Waals surface area contributed by atoms with E-state index in [0.29, 0.717) is 10.6 Å². The van der Waals surface area contributed by atoms with Crippen LogP contribution >= 0.6 is 11.6 Å². The van der Waals surface area contributed by atoms with Crippen LogP contribution in [-0.4, -0.2) is 58.4 Å². The fraction of sp³-hybridized carbons (Fsp3) is 0.158. The summed E-state index contributed by atoms with van der Waals surface area (Å²) in [5, 5.41) is 20.5. The molecule has 2 aromatic carbocycles. The van der Waals surface area contributed by atoms with Crippen molar-refractivity contribution in [2.45, 2.75) is 0 Å². The Labute approximate surface area is 184 Å². The standard InChI is InChI=1S/C19H17ClN2O6.Tc/c20-13-6-7-15(14(8-13)19(28)12-4-2-1-3-5-12)21-16(23)9-22(10-17(24)25)11-18(26)27;/h1-8H,9-11H2,(H,21,23)(H,24,25)(H,26,27);/i;1+1. The van der Waals surface area contributed by atoms with E-state index in [-0.39, 0.29) is 37.1 Å². The van der Waals surface area contributed by atoms with Gasteiger partial charge >= 0.3 is 11.9 Å². The number of hydrogen-bond donors (Lipinski definition) is 3. The summed E-state index contributed by atoms with van der Waals surface area (Å²) in [5.41, 5.74) is 0.752. The Balaban J connectivity index is 0.00000420. The van der Waals surface area contributed by atoms with Crippen LogP contribution in [0.15, 0.2) is 48.5 Å². The number of aliphatic carboxylic acids is 2. The fourth-order valence-electron chi connectivity index (χ4n) is 2.50. The Morgan fingerprint density at radius 1 is 0.897 bits per heavy atom. The second-order valence-corrected chi connectivity index (χ2v) is 6.30. The van der Waals surface area contributed by atoms with E-state index >= 15 is 0 Å². The molecule has 0 aromatic heterocycles. The maximum Gasteiger partial charge on any atom is 0.317 e. The third-order valence-corrected chi connectivity index (χ3v) is 3.86. The monoisotopic (exact) mass is 503 g/mol. The van der Waals surface area contributed by atoms with Crippen molar-refractivity contribution < 1.29 is 49.5 Å². The van der Waals surface area contributed by atoms with Gasteiger partial charge in [0.05, 0.1) is 25.3 Å². The molecule has 0 saturated carbocycles. The van der Waals surface area contributed by atoms with E-state index in [1.165, 1.54) is 18.2 Å². The molecule has 1 radical (unpaired) electrons. The van der Waals surface area contributed by atoms with Gasteiger partial charge in [0, 0.05) is 36.3 Å². The van der Waals surface area contributed by atoms with Gasteiger partial charge < -0.3 is 15.5 Å². The quantitative estimate of drug-likeness (QED) is 0.447. The molecule has 0 bridgehead atoms. The molecule has 0 fully saturated rings. The van der Waals surface area contributed by atoms with Gasteiger partial charge in [0.25, 0.3) is 0 Å². The summed E-state index contributed by atoms with van der Waals surface area (Å²) in [6.07, 6.45) is 0. The van der Waals surface area contributed by atoms with E-state index in [0.717, 1.165) is 4.90 Å². The zero-order chi connectivity index (χ0) is 20.7. The number of carboxylic acids is 2. The molecule has 29 heavy (non-hydrogen) atoms. The molecule has 2 rings (SSSR count). The molecule has 0 atom stereocenters. The Bertz CT molecular complexity index is 891. The number of carbonyl (C=O) groups is 4. The van der Waals surface area contributed by atoms with Crippen LogP contribution in [0.3, 0.4) is 0 Å². The summed E-state index contributed by atoms with van der Waals surface area (Å²) in [6, 6.07) is 12.8. The van der Waals surface area contributed by atoms with E-state index in [4.69, 9.17) is 21.8 Å². The largest absolute Gasteiger partial charge is 0.480 e. The van der Waals surface area contributed by atoms with Crippen LogP contribution in [0, 0.1) is 0 Å². The van der Waals surface area contributed by atoms with E-state index in [1.807, 2.05) is 0 Å². The predicted molar refractivity (Wildman–Crippen MR) is 102 cm³/mol. The number of hydrogen-bond acceptors (Lipinski definition) is 5. The molecule has 0 aliphatic rings. The molecule has 0 saturated heterocycles. The van der Waals surface area contributed by atoms with Crippen LogP contribution in [0.25, 0.3) is 0 Å². The van der Waals surface area contributed by atoms with E-state index < -0.39 is 37.5 Å². The summed E-state index contributed by atoms with van der Waals surface area (Å²) >= 11 is 5.98. The number of benzene rings is 2. The summed E-state index contributed by atoms with van der Waals surface area (Å²) in [5.74, 6) is -3.54. The molecule has 153 valence electrons. The molecule has 0 aliphatic carbocycles. The molecule has 0 aliphatic heterocycles. The smallest absolute Gasteiger partial charge is 0.317 e. The number of nitrogens with one attached hydrogen (secondary N) is 1. The third kappa shape index (κ3) is 7.75. The molecule has 2 aromatic rings. The van der Waals surface area contributed by atoms with Crippen LogP contribution in [0.2, 0.25) is 5.02 Å². The normalized spacial score (nSPS) is 10.1. The van der Waals surface area contributed by atoms with Crippen LogP contribution in [-0.2, 0) is 34.5 Å². The molecule has 0 unspecified atom stereocenters. The zero-order valence-corrected chi connectivity index (χ0v) is 17.6.